The zero-order valence-corrected chi connectivity index (χ0v) is 14.9. The second-order valence-corrected chi connectivity index (χ2v) is 6.65. The van der Waals surface area contributed by atoms with E-state index >= 15 is 0 Å². The van der Waals surface area contributed by atoms with Crippen molar-refractivity contribution in [2.75, 3.05) is 0 Å². The Morgan fingerprint density at radius 1 is 1.08 bits per heavy atom. The predicted molar refractivity (Wildman–Crippen MR) is 93.9 cm³/mol. The van der Waals surface area contributed by atoms with Gasteiger partial charge < -0.3 is 5.32 Å². The Morgan fingerprint density at radius 2 is 1.76 bits per heavy atom. The minimum absolute atomic E-state index is 0.0739. The molecule has 3 rings (SSSR count). The molecule has 2 aromatic carbocycles. The maximum atomic E-state index is 13.2. The van der Waals surface area contributed by atoms with Crippen molar-refractivity contribution in [3.05, 3.63) is 69.5 Å². The molecule has 3 amide bonds. The average Bonchev–Trinajstić information content (AvgIpc) is 2.84. The first-order valence-electron chi connectivity index (χ1n) is 7.71. The molecule has 1 N–H and O–H groups in total. The fourth-order valence-corrected chi connectivity index (χ4v) is 3.28. The number of hydrogen-bond acceptors (Lipinski definition) is 2. The molecule has 7 heteroatoms. The zero-order valence-electron chi connectivity index (χ0n) is 13.4. The molecular weight excluding hydrogens is 366 g/mol. The Hall–Kier alpha value is -2.11. The van der Waals surface area contributed by atoms with Gasteiger partial charge in [-0.1, -0.05) is 48.3 Å². The quantitative estimate of drug-likeness (QED) is 0.794. The predicted octanol–water partition coefficient (Wildman–Crippen LogP) is 4.49. The molecule has 2 aromatic rings. The van der Waals surface area contributed by atoms with Crippen LogP contribution >= 0.6 is 23.2 Å². The Morgan fingerprint density at radius 3 is 2.36 bits per heavy atom. The third-order valence-corrected chi connectivity index (χ3v) is 5.11. The van der Waals surface area contributed by atoms with Gasteiger partial charge in [0.25, 0.3) is 5.91 Å². The lowest BCUT2D eigenvalue weighted by atomic mass is 9.87. The average molecular weight is 381 g/mol. The van der Waals surface area contributed by atoms with Crippen LogP contribution in [0.4, 0.5) is 9.18 Å². The SMILES string of the molecule is CCC1(c2ccc(F)cc2)NC(=O)N(Cc2ccc(Cl)c(Cl)c2)C1=O. The van der Waals surface area contributed by atoms with E-state index in [0.29, 0.717) is 27.6 Å². The minimum atomic E-state index is -1.19. The number of halogens is 3. The standard InChI is InChI=1S/C18H15Cl2FN2O2/c1-2-18(12-4-6-13(21)7-5-12)16(24)23(17(25)22-18)10-11-3-8-14(19)15(20)9-11/h3-9H,2,10H2,1H3,(H,22,25). The molecule has 1 heterocycles. The first-order valence-corrected chi connectivity index (χ1v) is 8.47. The second-order valence-electron chi connectivity index (χ2n) is 5.84. The van der Waals surface area contributed by atoms with Crippen molar-refractivity contribution in [3.63, 3.8) is 0 Å². The summed E-state index contributed by atoms with van der Waals surface area (Å²) in [5, 5.41) is 3.51. The smallest absolute Gasteiger partial charge is 0.319 e. The molecule has 1 saturated heterocycles. The Balaban J connectivity index is 1.92. The van der Waals surface area contributed by atoms with Crippen LogP contribution in [-0.2, 0) is 16.9 Å². The molecule has 1 aliphatic rings. The largest absolute Gasteiger partial charge is 0.325 e. The molecule has 25 heavy (non-hydrogen) atoms. The number of nitrogens with one attached hydrogen (secondary N) is 1. The van der Waals surface area contributed by atoms with Crippen LogP contribution in [0.3, 0.4) is 0 Å². The van der Waals surface area contributed by atoms with Crippen LogP contribution in [0.1, 0.15) is 24.5 Å². The molecule has 0 bridgehead atoms. The van der Waals surface area contributed by atoms with Crippen molar-refractivity contribution in [3.8, 4) is 0 Å². The van der Waals surface area contributed by atoms with Crippen LogP contribution in [0.25, 0.3) is 0 Å². The Labute approximate surface area is 154 Å². The van der Waals surface area contributed by atoms with E-state index in [-0.39, 0.29) is 12.5 Å². The molecule has 0 aliphatic carbocycles. The van der Waals surface area contributed by atoms with E-state index in [0.717, 1.165) is 4.90 Å². The molecule has 1 fully saturated rings. The second kappa shape index (κ2) is 6.65. The van der Waals surface area contributed by atoms with E-state index in [1.165, 1.54) is 24.3 Å². The number of carbonyl (C=O) groups excluding carboxylic acids is 2. The van der Waals surface area contributed by atoms with Gasteiger partial charge in [-0.25, -0.2) is 9.18 Å². The van der Waals surface area contributed by atoms with E-state index in [2.05, 4.69) is 5.32 Å². The zero-order chi connectivity index (χ0) is 18.2. The number of hydrogen-bond donors (Lipinski definition) is 1. The maximum absolute atomic E-state index is 13.2. The minimum Gasteiger partial charge on any atom is -0.319 e. The van der Waals surface area contributed by atoms with Gasteiger partial charge in [-0.05, 0) is 41.8 Å². The highest BCUT2D eigenvalue weighted by molar-refractivity contribution is 6.42. The first kappa shape index (κ1) is 17.7. The number of nitrogens with zero attached hydrogens (tertiary/aromatic N) is 1. The summed E-state index contributed by atoms with van der Waals surface area (Å²) in [4.78, 5) is 26.5. The molecule has 1 atom stereocenters. The van der Waals surface area contributed by atoms with E-state index in [1.807, 2.05) is 0 Å². The summed E-state index contributed by atoms with van der Waals surface area (Å²) >= 11 is 11.9. The van der Waals surface area contributed by atoms with Crippen LogP contribution in [-0.4, -0.2) is 16.8 Å². The van der Waals surface area contributed by atoms with Crippen LogP contribution in [0, 0.1) is 5.82 Å². The Kier molecular flexibility index (Phi) is 4.71. The van der Waals surface area contributed by atoms with Crippen molar-refractivity contribution in [1.82, 2.24) is 10.2 Å². The summed E-state index contributed by atoms with van der Waals surface area (Å²) < 4.78 is 13.2. The van der Waals surface area contributed by atoms with Crippen LogP contribution in [0.15, 0.2) is 42.5 Å². The van der Waals surface area contributed by atoms with Crippen molar-refractivity contribution >= 4 is 35.1 Å². The van der Waals surface area contributed by atoms with Crippen molar-refractivity contribution in [2.45, 2.75) is 25.4 Å². The van der Waals surface area contributed by atoms with E-state index < -0.39 is 17.4 Å². The highest BCUT2D eigenvalue weighted by Crippen LogP contribution is 2.33. The van der Waals surface area contributed by atoms with Crippen molar-refractivity contribution in [2.24, 2.45) is 0 Å². The van der Waals surface area contributed by atoms with E-state index in [1.54, 1.807) is 25.1 Å². The van der Waals surface area contributed by atoms with Crippen LogP contribution in [0.5, 0.6) is 0 Å². The molecular formula is C18H15Cl2FN2O2. The van der Waals surface area contributed by atoms with Gasteiger partial charge in [0, 0.05) is 0 Å². The number of rotatable bonds is 4. The summed E-state index contributed by atoms with van der Waals surface area (Å²) in [5.41, 5.74) is 0.0383. The van der Waals surface area contributed by atoms with Gasteiger partial charge in [0.1, 0.15) is 11.4 Å². The first-order chi connectivity index (χ1) is 11.9. The lowest BCUT2D eigenvalue weighted by Gasteiger charge is -2.25. The van der Waals surface area contributed by atoms with Gasteiger partial charge >= 0.3 is 6.03 Å². The van der Waals surface area contributed by atoms with Gasteiger partial charge in [-0.2, -0.15) is 0 Å². The third kappa shape index (κ3) is 3.10. The third-order valence-electron chi connectivity index (χ3n) is 4.37. The number of imide groups is 1. The monoisotopic (exact) mass is 380 g/mol. The summed E-state index contributed by atoms with van der Waals surface area (Å²) in [5.74, 6) is -0.780. The lowest BCUT2D eigenvalue weighted by Crippen LogP contribution is -2.43. The molecule has 0 aromatic heterocycles. The van der Waals surface area contributed by atoms with Gasteiger partial charge in [0.05, 0.1) is 16.6 Å². The van der Waals surface area contributed by atoms with E-state index in [4.69, 9.17) is 23.2 Å². The number of benzene rings is 2. The van der Waals surface area contributed by atoms with E-state index in [9.17, 15) is 14.0 Å². The van der Waals surface area contributed by atoms with Gasteiger partial charge in [-0.15, -0.1) is 0 Å². The molecule has 4 nitrogen and oxygen atoms in total. The molecule has 0 spiro atoms. The highest BCUT2D eigenvalue weighted by atomic mass is 35.5. The summed E-state index contributed by atoms with van der Waals surface area (Å²) in [6.07, 6.45) is 0.348. The molecule has 0 saturated carbocycles. The Bertz CT molecular complexity index is 841. The number of carbonyl (C=O) groups is 2. The van der Waals surface area contributed by atoms with Crippen LogP contribution < -0.4 is 5.32 Å². The summed E-state index contributed by atoms with van der Waals surface area (Å²) in [7, 11) is 0. The van der Waals surface area contributed by atoms with Crippen LogP contribution in [0.2, 0.25) is 10.0 Å². The number of urea groups is 1. The highest BCUT2D eigenvalue weighted by Gasteiger charge is 2.51. The molecule has 0 radical (unpaired) electrons. The summed E-state index contributed by atoms with van der Waals surface area (Å²) in [6.45, 7) is 1.87. The number of amides is 3. The molecule has 130 valence electrons. The topological polar surface area (TPSA) is 49.4 Å². The normalized spacial score (nSPS) is 20.1. The van der Waals surface area contributed by atoms with Gasteiger partial charge in [-0.3, -0.25) is 9.69 Å². The fourth-order valence-electron chi connectivity index (χ4n) is 2.96. The maximum Gasteiger partial charge on any atom is 0.325 e. The van der Waals surface area contributed by atoms with Gasteiger partial charge in [0.2, 0.25) is 0 Å². The molecule has 1 aliphatic heterocycles. The van der Waals surface area contributed by atoms with Gasteiger partial charge in [0.15, 0.2) is 0 Å². The lowest BCUT2D eigenvalue weighted by molar-refractivity contribution is -0.132. The summed E-state index contributed by atoms with van der Waals surface area (Å²) in [6, 6.07) is 10.0. The fraction of sp³-hybridized carbons (Fsp3) is 0.222. The molecule has 1 unspecified atom stereocenters. The van der Waals surface area contributed by atoms with Crippen molar-refractivity contribution < 1.29 is 14.0 Å². The van der Waals surface area contributed by atoms with Crippen molar-refractivity contribution in [1.29, 1.82) is 0 Å².